The first-order valence-corrected chi connectivity index (χ1v) is 6.01. The highest BCUT2D eigenvalue weighted by molar-refractivity contribution is 5.27. The van der Waals surface area contributed by atoms with Gasteiger partial charge in [-0.3, -0.25) is 16.0 Å². The molecule has 1 aromatic heterocycles. The number of nitrogens with two attached hydrogens (primary N) is 1. The van der Waals surface area contributed by atoms with Crippen LogP contribution in [0.25, 0.3) is 0 Å². The van der Waals surface area contributed by atoms with Crippen LogP contribution in [0.5, 0.6) is 0 Å². The summed E-state index contributed by atoms with van der Waals surface area (Å²) in [7, 11) is 1.77. The maximum atomic E-state index is 12.7. The fourth-order valence-electron chi connectivity index (χ4n) is 2.00. The predicted octanol–water partition coefficient (Wildman–Crippen LogP) is 2.19. The molecule has 3 N–H and O–H groups in total. The molecule has 0 spiro atoms. The fourth-order valence-corrected chi connectivity index (χ4v) is 2.00. The Kier molecular flexibility index (Phi) is 4.10. The van der Waals surface area contributed by atoms with Crippen LogP contribution in [0.15, 0.2) is 36.7 Å². The number of nitrogens with one attached hydrogen (secondary N) is 1. The highest BCUT2D eigenvalue weighted by atomic mass is 19.4. The summed E-state index contributed by atoms with van der Waals surface area (Å²) >= 11 is 0. The molecule has 0 aliphatic rings. The van der Waals surface area contributed by atoms with Gasteiger partial charge in [-0.15, -0.1) is 0 Å². The van der Waals surface area contributed by atoms with Gasteiger partial charge in [0.05, 0.1) is 17.8 Å². The van der Waals surface area contributed by atoms with Crippen molar-refractivity contribution in [1.82, 2.24) is 15.2 Å². The number of benzene rings is 1. The van der Waals surface area contributed by atoms with Crippen molar-refractivity contribution in [2.24, 2.45) is 12.9 Å². The molecule has 0 saturated heterocycles. The molecule has 20 heavy (non-hydrogen) atoms. The lowest BCUT2D eigenvalue weighted by Gasteiger charge is -2.15. The standard InChI is InChI=1S/C13H15F3N4/c1-20-8-10(7-18-20)12(19-17)6-9-3-2-4-11(5-9)13(14,15)16/h2-5,7-8,12,19H,6,17H2,1H3. The van der Waals surface area contributed by atoms with Crippen LogP contribution in [0.2, 0.25) is 0 Å². The van der Waals surface area contributed by atoms with E-state index in [0.717, 1.165) is 17.7 Å². The van der Waals surface area contributed by atoms with Crippen molar-refractivity contribution in [3.05, 3.63) is 53.3 Å². The van der Waals surface area contributed by atoms with E-state index in [1.54, 1.807) is 30.2 Å². The monoisotopic (exact) mass is 284 g/mol. The summed E-state index contributed by atoms with van der Waals surface area (Å²) in [4.78, 5) is 0. The minimum atomic E-state index is -4.34. The molecule has 1 heterocycles. The molecule has 0 bridgehead atoms. The Morgan fingerprint density at radius 3 is 2.70 bits per heavy atom. The first-order chi connectivity index (χ1) is 9.40. The molecule has 2 rings (SSSR count). The normalized spacial score (nSPS) is 13.4. The number of aromatic nitrogens is 2. The van der Waals surface area contributed by atoms with Gasteiger partial charge in [0.2, 0.25) is 0 Å². The number of nitrogens with zero attached hydrogens (tertiary/aromatic N) is 2. The molecule has 0 amide bonds. The lowest BCUT2D eigenvalue weighted by molar-refractivity contribution is -0.137. The van der Waals surface area contributed by atoms with Crippen molar-refractivity contribution in [3.8, 4) is 0 Å². The molecule has 0 saturated carbocycles. The summed E-state index contributed by atoms with van der Waals surface area (Å²) in [5.41, 5.74) is 3.34. The number of rotatable bonds is 4. The number of hydrogen-bond donors (Lipinski definition) is 2. The molecule has 1 atom stereocenters. The molecule has 1 aromatic carbocycles. The highest BCUT2D eigenvalue weighted by Crippen LogP contribution is 2.30. The zero-order valence-electron chi connectivity index (χ0n) is 10.9. The van der Waals surface area contributed by atoms with E-state index in [1.165, 1.54) is 6.07 Å². The van der Waals surface area contributed by atoms with Crippen LogP contribution in [0.3, 0.4) is 0 Å². The second-order valence-electron chi connectivity index (χ2n) is 4.57. The summed E-state index contributed by atoms with van der Waals surface area (Å²) in [5, 5.41) is 4.03. The highest BCUT2D eigenvalue weighted by Gasteiger charge is 2.30. The smallest absolute Gasteiger partial charge is 0.275 e. The van der Waals surface area contributed by atoms with Crippen LogP contribution in [-0.4, -0.2) is 9.78 Å². The Morgan fingerprint density at radius 1 is 1.40 bits per heavy atom. The van der Waals surface area contributed by atoms with E-state index in [0.29, 0.717) is 12.0 Å². The third-order valence-electron chi connectivity index (χ3n) is 3.02. The lowest BCUT2D eigenvalue weighted by Crippen LogP contribution is -2.29. The van der Waals surface area contributed by atoms with Gasteiger partial charge in [-0.1, -0.05) is 18.2 Å². The maximum absolute atomic E-state index is 12.7. The van der Waals surface area contributed by atoms with Crippen LogP contribution in [0, 0.1) is 0 Å². The Labute approximate surface area is 114 Å². The summed E-state index contributed by atoms with van der Waals surface area (Å²) in [6, 6.07) is 4.96. The van der Waals surface area contributed by atoms with E-state index in [9.17, 15) is 13.2 Å². The van der Waals surface area contributed by atoms with Gasteiger partial charge in [0.1, 0.15) is 0 Å². The number of aryl methyl sites for hydroxylation is 1. The molecule has 1 unspecified atom stereocenters. The van der Waals surface area contributed by atoms with Crippen molar-refractivity contribution >= 4 is 0 Å². The first-order valence-electron chi connectivity index (χ1n) is 6.01. The van der Waals surface area contributed by atoms with Crippen molar-refractivity contribution < 1.29 is 13.2 Å². The summed E-state index contributed by atoms with van der Waals surface area (Å²) < 4.78 is 39.6. The fraction of sp³-hybridized carbons (Fsp3) is 0.308. The van der Waals surface area contributed by atoms with Gasteiger partial charge in [0.15, 0.2) is 0 Å². The third-order valence-corrected chi connectivity index (χ3v) is 3.02. The Bertz CT molecular complexity index is 577. The molecule has 0 aliphatic carbocycles. The number of alkyl halides is 3. The predicted molar refractivity (Wildman–Crippen MR) is 68.4 cm³/mol. The Balaban J connectivity index is 2.20. The molecule has 4 nitrogen and oxygen atoms in total. The van der Waals surface area contributed by atoms with Gasteiger partial charge in [-0.05, 0) is 18.1 Å². The number of hydrogen-bond acceptors (Lipinski definition) is 3. The van der Waals surface area contributed by atoms with E-state index in [2.05, 4.69) is 10.5 Å². The first kappa shape index (κ1) is 14.5. The van der Waals surface area contributed by atoms with Gasteiger partial charge in [-0.25, -0.2) is 0 Å². The average Bonchev–Trinajstić information content (AvgIpc) is 2.82. The topological polar surface area (TPSA) is 55.9 Å². The van der Waals surface area contributed by atoms with Gasteiger partial charge >= 0.3 is 6.18 Å². The minimum Gasteiger partial charge on any atom is -0.275 e. The van der Waals surface area contributed by atoms with E-state index in [-0.39, 0.29) is 6.04 Å². The van der Waals surface area contributed by atoms with Crippen LogP contribution in [0.4, 0.5) is 13.2 Å². The van der Waals surface area contributed by atoms with Crippen LogP contribution >= 0.6 is 0 Å². The molecule has 7 heteroatoms. The van der Waals surface area contributed by atoms with E-state index < -0.39 is 11.7 Å². The molecule has 2 aromatic rings. The molecular formula is C13H15F3N4. The third kappa shape index (κ3) is 3.37. The average molecular weight is 284 g/mol. The van der Waals surface area contributed by atoms with Crippen molar-refractivity contribution in [1.29, 1.82) is 0 Å². The zero-order valence-corrected chi connectivity index (χ0v) is 10.9. The number of halogens is 3. The van der Waals surface area contributed by atoms with Gasteiger partial charge in [-0.2, -0.15) is 18.3 Å². The minimum absolute atomic E-state index is 0.285. The summed E-state index contributed by atoms with van der Waals surface area (Å²) in [6.07, 6.45) is -0.571. The Morgan fingerprint density at radius 2 is 2.15 bits per heavy atom. The SMILES string of the molecule is Cn1cc(C(Cc2cccc(C(F)(F)F)c2)NN)cn1. The zero-order chi connectivity index (χ0) is 14.8. The van der Waals surface area contributed by atoms with E-state index in [4.69, 9.17) is 5.84 Å². The van der Waals surface area contributed by atoms with Gasteiger partial charge in [0.25, 0.3) is 0 Å². The van der Waals surface area contributed by atoms with E-state index in [1.807, 2.05) is 0 Å². The molecule has 0 aliphatic heterocycles. The molecule has 108 valence electrons. The summed E-state index contributed by atoms with van der Waals surface area (Å²) in [6.45, 7) is 0. The van der Waals surface area contributed by atoms with Gasteiger partial charge < -0.3 is 0 Å². The van der Waals surface area contributed by atoms with E-state index >= 15 is 0 Å². The number of hydrazine groups is 1. The molecule has 0 fully saturated rings. The largest absolute Gasteiger partial charge is 0.416 e. The lowest BCUT2D eigenvalue weighted by atomic mass is 10.0. The second-order valence-corrected chi connectivity index (χ2v) is 4.57. The van der Waals surface area contributed by atoms with Crippen LogP contribution in [0.1, 0.15) is 22.7 Å². The summed E-state index contributed by atoms with van der Waals surface area (Å²) in [5.74, 6) is 5.48. The van der Waals surface area contributed by atoms with Crippen molar-refractivity contribution in [2.75, 3.05) is 0 Å². The maximum Gasteiger partial charge on any atom is 0.416 e. The van der Waals surface area contributed by atoms with Crippen molar-refractivity contribution in [2.45, 2.75) is 18.6 Å². The van der Waals surface area contributed by atoms with Crippen LogP contribution < -0.4 is 11.3 Å². The Hall–Kier alpha value is -1.86. The molecular weight excluding hydrogens is 269 g/mol. The quantitative estimate of drug-likeness (QED) is 0.668. The van der Waals surface area contributed by atoms with Crippen molar-refractivity contribution in [3.63, 3.8) is 0 Å². The second kappa shape index (κ2) is 5.64. The van der Waals surface area contributed by atoms with Crippen LogP contribution in [-0.2, 0) is 19.6 Å². The van der Waals surface area contributed by atoms with Gasteiger partial charge in [0, 0.05) is 18.8 Å². The molecule has 0 radical (unpaired) electrons.